The number of halogens is 2. The molecule has 0 heterocycles. The molecular weight excluding hydrogens is 491 g/mol. The summed E-state index contributed by atoms with van der Waals surface area (Å²) < 4.78 is 5.45. The van der Waals surface area contributed by atoms with Crippen LogP contribution in [0.15, 0.2) is 41.3 Å². The molecule has 192 valence electrons. The van der Waals surface area contributed by atoms with Crippen LogP contribution in [0.5, 0.6) is 17.2 Å². The van der Waals surface area contributed by atoms with E-state index in [4.69, 9.17) is 4.74 Å². The largest absolute Gasteiger partial charge is 0.504 e. The van der Waals surface area contributed by atoms with E-state index in [0.29, 0.717) is 6.04 Å². The third-order valence-electron chi connectivity index (χ3n) is 6.20. The Kier molecular flexibility index (Phi) is 14.8. The zero-order valence-corrected chi connectivity index (χ0v) is 22.7. The van der Waals surface area contributed by atoms with Crippen LogP contribution in [0.4, 0.5) is 0 Å². The molecule has 1 aliphatic carbocycles. The van der Waals surface area contributed by atoms with Crippen LogP contribution >= 0.6 is 36.6 Å². The van der Waals surface area contributed by atoms with Crippen molar-refractivity contribution in [2.75, 3.05) is 26.0 Å². The lowest BCUT2D eigenvalue weighted by atomic mass is 9.87. The molecule has 3 rings (SSSR count). The van der Waals surface area contributed by atoms with Gasteiger partial charge in [0, 0.05) is 29.6 Å². The van der Waals surface area contributed by atoms with Crippen molar-refractivity contribution in [1.29, 1.82) is 0 Å². The van der Waals surface area contributed by atoms with Crippen LogP contribution in [0.2, 0.25) is 0 Å². The van der Waals surface area contributed by atoms with Crippen molar-refractivity contribution >= 4 is 36.6 Å². The van der Waals surface area contributed by atoms with Crippen molar-refractivity contribution in [1.82, 2.24) is 10.4 Å². The molecule has 0 saturated carbocycles. The van der Waals surface area contributed by atoms with Gasteiger partial charge in [0.15, 0.2) is 11.5 Å². The normalized spacial score (nSPS) is 14.7. The molecule has 1 aliphatic rings. The van der Waals surface area contributed by atoms with Crippen LogP contribution in [0.1, 0.15) is 56.6 Å². The molecule has 2 aromatic carbocycles. The number of hydrogen-bond donors (Lipinski definition) is 3. The fourth-order valence-electron chi connectivity index (χ4n) is 4.38. The second kappa shape index (κ2) is 16.4. The number of para-hydroxylation sites is 1. The molecule has 0 aliphatic heterocycles. The lowest BCUT2D eigenvalue weighted by molar-refractivity contribution is 0.109. The number of nitrogens with one attached hydrogen (secondary N) is 1. The first-order valence-electron chi connectivity index (χ1n) is 11.9. The van der Waals surface area contributed by atoms with Gasteiger partial charge in [0.2, 0.25) is 0 Å². The Bertz CT molecular complexity index is 857. The molecule has 0 fully saturated rings. The van der Waals surface area contributed by atoms with Gasteiger partial charge >= 0.3 is 0 Å². The van der Waals surface area contributed by atoms with Crippen molar-refractivity contribution in [3.8, 4) is 17.2 Å². The molecule has 2 aromatic rings. The first kappa shape index (κ1) is 30.7. The van der Waals surface area contributed by atoms with Crippen LogP contribution < -0.4 is 10.2 Å². The number of unbranched alkanes of at least 4 members (excludes halogenated alkanes) is 3. The SMILES string of the molecule is CCCCCCN(NCCCSc1ccccc1OC)C1CCc2c(ccc(O)c2O)C1.Cl.Cl. The van der Waals surface area contributed by atoms with Crippen LogP contribution in [0.25, 0.3) is 0 Å². The third-order valence-corrected chi connectivity index (χ3v) is 7.34. The van der Waals surface area contributed by atoms with Crippen molar-refractivity contribution in [2.24, 2.45) is 0 Å². The van der Waals surface area contributed by atoms with Crippen LogP contribution in [-0.2, 0) is 12.8 Å². The quantitative estimate of drug-likeness (QED) is 0.121. The number of phenols is 2. The van der Waals surface area contributed by atoms with Crippen molar-refractivity contribution in [3.05, 3.63) is 47.5 Å². The van der Waals surface area contributed by atoms with E-state index < -0.39 is 0 Å². The van der Waals surface area contributed by atoms with Gasteiger partial charge in [0.1, 0.15) is 5.75 Å². The smallest absolute Gasteiger partial charge is 0.160 e. The number of aromatic hydroxyl groups is 2. The average Bonchev–Trinajstić information content (AvgIpc) is 2.82. The maximum absolute atomic E-state index is 10.2. The molecule has 0 amide bonds. The summed E-state index contributed by atoms with van der Waals surface area (Å²) in [7, 11) is 1.72. The summed E-state index contributed by atoms with van der Waals surface area (Å²) in [6, 6.07) is 12.2. The lowest BCUT2D eigenvalue weighted by Crippen LogP contribution is -2.49. The number of thioether (sulfide) groups is 1. The minimum atomic E-state index is -0.00991. The van der Waals surface area contributed by atoms with Crippen molar-refractivity contribution < 1.29 is 14.9 Å². The number of hydrazine groups is 1. The monoisotopic (exact) mass is 530 g/mol. The van der Waals surface area contributed by atoms with E-state index in [1.807, 2.05) is 30.0 Å². The number of ether oxygens (including phenoxy) is 1. The third kappa shape index (κ3) is 8.72. The zero-order valence-electron chi connectivity index (χ0n) is 20.3. The molecule has 1 unspecified atom stereocenters. The number of methoxy groups -OCH3 is 1. The molecule has 8 heteroatoms. The Labute approximate surface area is 221 Å². The molecule has 0 radical (unpaired) electrons. The van der Waals surface area contributed by atoms with E-state index in [2.05, 4.69) is 29.5 Å². The Morgan fingerprint density at radius 1 is 1.06 bits per heavy atom. The highest BCUT2D eigenvalue weighted by molar-refractivity contribution is 7.99. The highest BCUT2D eigenvalue weighted by atomic mass is 35.5. The number of rotatable bonds is 13. The number of fused-ring (bicyclic) bond motifs is 1. The maximum Gasteiger partial charge on any atom is 0.160 e. The van der Waals surface area contributed by atoms with E-state index >= 15 is 0 Å². The minimum absolute atomic E-state index is 0. The van der Waals surface area contributed by atoms with Gasteiger partial charge in [-0.25, -0.2) is 5.01 Å². The fraction of sp³-hybridized carbons (Fsp3) is 0.538. The number of nitrogens with zero attached hydrogens (tertiary/aromatic N) is 1. The molecular formula is C26H40Cl2N2O3S. The van der Waals surface area contributed by atoms with E-state index in [1.54, 1.807) is 13.2 Å². The number of hydrogen-bond acceptors (Lipinski definition) is 6. The van der Waals surface area contributed by atoms with Gasteiger partial charge in [0.05, 0.1) is 7.11 Å². The second-order valence-corrected chi connectivity index (χ2v) is 9.62. The predicted octanol–water partition coefficient (Wildman–Crippen LogP) is 6.38. The van der Waals surface area contributed by atoms with E-state index in [1.165, 1.54) is 30.6 Å². The lowest BCUT2D eigenvalue weighted by Gasteiger charge is -2.36. The summed E-state index contributed by atoms with van der Waals surface area (Å²) in [5, 5.41) is 22.5. The van der Waals surface area contributed by atoms with E-state index in [9.17, 15) is 10.2 Å². The van der Waals surface area contributed by atoms with Crippen molar-refractivity contribution in [2.45, 2.75) is 69.2 Å². The first-order valence-corrected chi connectivity index (χ1v) is 12.9. The van der Waals surface area contributed by atoms with Crippen LogP contribution in [0.3, 0.4) is 0 Å². The number of phenolic OH excluding ortho intramolecular Hbond substituents is 2. The van der Waals surface area contributed by atoms with Gasteiger partial charge in [-0.2, -0.15) is 0 Å². The molecule has 5 nitrogen and oxygen atoms in total. The Morgan fingerprint density at radius 3 is 2.62 bits per heavy atom. The molecule has 0 bridgehead atoms. The molecule has 0 spiro atoms. The Hall–Kier alpha value is -1.31. The molecule has 3 N–H and O–H groups in total. The minimum Gasteiger partial charge on any atom is -0.504 e. The van der Waals surface area contributed by atoms with E-state index in [0.717, 1.165) is 61.4 Å². The molecule has 1 atom stereocenters. The fourth-order valence-corrected chi connectivity index (χ4v) is 5.36. The van der Waals surface area contributed by atoms with Gasteiger partial charge in [-0.3, -0.25) is 5.43 Å². The molecule has 34 heavy (non-hydrogen) atoms. The van der Waals surface area contributed by atoms with Gasteiger partial charge in [-0.05, 0) is 61.6 Å². The van der Waals surface area contributed by atoms with Crippen LogP contribution in [-0.4, -0.2) is 47.2 Å². The highest BCUT2D eigenvalue weighted by Crippen LogP contribution is 2.36. The summed E-state index contributed by atoms with van der Waals surface area (Å²) >= 11 is 1.84. The average molecular weight is 532 g/mol. The summed E-state index contributed by atoms with van der Waals surface area (Å²) in [4.78, 5) is 1.19. The second-order valence-electron chi connectivity index (χ2n) is 8.48. The summed E-state index contributed by atoms with van der Waals surface area (Å²) in [5.74, 6) is 2.04. The molecule has 0 aromatic heterocycles. The Balaban J connectivity index is 0.00000289. The molecule has 0 saturated heterocycles. The highest BCUT2D eigenvalue weighted by Gasteiger charge is 2.26. The van der Waals surface area contributed by atoms with Crippen molar-refractivity contribution in [3.63, 3.8) is 0 Å². The first-order chi connectivity index (χ1) is 15.6. The van der Waals surface area contributed by atoms with Crippen LogP contribution in [0, 0.1) is 0 Å². The number of benzene rings is 2. The predicted molar refractivity (Wildman–Crippen MR) is 147 cm³/mol. The topological polar surface area (TPSA) is 65.0 Å². The van der Waals surface area contributed by atoms with Gasteiger partial charge in [-0.1, -0.05) is 44.4 Å². The van der Waals surface area contributed by atoms with E-state index in [-0.39, 0.29) is 36.3 Å². The Morgan fingerprint density at radius 2 is 1.85 bits per heavy atom. The van der Waals surface area contributed by atoms with Gasteiger partial charge < -0.3 is 14.9 Å². The summed E-state index contributed by atoms with van der Waals surface area (Å²) in [5.41, 5.74) is 5.79. The summed E-state index contributed by atoms with van der Waals surface area (Å²) in [6.45, 7) is 4.24. The zero-order chi connectivity index (χ0) is 22.8. The maximum atomic E-state index is 10.2. The standard InChI is InChI=1S/C26H38N2O3S.2ClH/c1-3-4-5-8-17-28(21-13-14-22-20(19-21)12-15-23(29)26(22)30)27-16-9-18-32-25-11-7-6-10-24(25)31-2;;/h6-7,10-12,15,21,27,29-30H,3-5,8-9,13-14,16-19H2,1-2H3;2*1H. The summed E-state index contributed by atoms with van der Waals surface area (Å²) in [6.07, 6.45) is 8.75. The van der Waals surface area contributed by atoms with Gasteiger partial charge in [-0.15, -0.1) is 36.6 Å². The van der Waals surface area contributed by atoms with Gasteiger partial charge in [0.25, 0.3) is 0 Å².